The topological polar surface area (TPSA) is 83.7 Å². The molecule has 3 aromatic rings. The van der Waals surface area contributed by atoms with Crippen LogP contribution in [0.1, 0.15) is 21.5 Å². The normalized spacial score (nSPS) is 18.7. The Morgan fingerprint density at radius 3 is 2.23 bits per heavy atom. The molecule has 26 heavy (non-hydrogen) atoms. The first-order chi connectivity index (χ1) is 12.5. The number of nitro benzene ring substituents is 1. The lowest BCUT2D eigenvalue weighted by Gasteiger charge is -2.34. The van der Waals surface area contributed by atoms with E-state index in [1.807, 2.05) is 0 Å². The number of carbonyl (C=O) groups is 1. The minimum atomic E-state index is -1.83. The lowest BCUT2D eigenvalue weighted by atomic mass is 9.93. The lowest BCUT2D eigenvalue weighted by Crippen LogP contribution is -2.45. The molecule has 1 amide bonds. The maximum atomic E-state index is 13.1. The number of nitrogens with zero attached hydrogens (tertiary/aromatic N) is 2. The summed E-state index contributed by atoms with van der Waals surface area (Å²) in [5.74, 6) is -0.485. The van der Waals surface area contributed by atoms with Crippen LogP contribution in [0.3, 0.4) is 0 Å². The van der Waals surface area contributed by atoms with Crippen molar-refractivity contribution in [3.05, 3.63) is 106 Å². The Balaban J connectivity index is 2.03. The smallest absolute Gasteiger partial charge is 0.293 e. The maximum absolute atomic E-state index is 13.1. The van der Waals surface area contributed by atoms with Crippen LogP contribution >= 0.6 is 0 Å². The molecule has 4 rings (SSSR count). The molecule has 1 aliphatic heterocycles. The number of carbonyl (C=O) groups excluding carboxylic acids is 1. The summed E-state index contributed by atoms with van der Waals surface area (Å²) in [6.07, 6.45) is 0. The quantitative estimate of drug-likeness (QED) is 0.581. The SMILES string of the molecule is O=C1c2ccccc2[C@](O)(c2ccccc2)N1c1ccccc1[N+](=O)[O-]. The summed E-state index contributed by atoms with van der Waals surface area (Å²) in [6, 6.07) is 21.3. The Labute approximate surface area is 149 Å². The number of nitro groups is 1. The number of benzene rings is 3. The highest BCUT2D eigenvalue weighted by atomic mass is 16.6. The van der Waals surface area contributed by atoms with E-state index in [-0.39, 0.29) is 11.4 Å². The summed E-state index contributed by atoms with van der Waals surface area (Å²) < 4.78 is 0. The van der Waals surface area contributed by atoms with Gasteiger partial charge in [-0.2, -0.15) is 0 Å². The zero-order chi connectivity index (χ0) is 18.3. The molecule has 6 heteroatoms. The monoisotopic (exact) mass is 346 g/mol. The third-order valence-electron chi connectivity index (χ3n) is 4.56. The van der Waals surface area contributed by atoms with Gasteiger partial charge < -0.3 is 5.11 Å². The minimum absolute atomic E-state index is 0.0463. The number of rotatable bonds is 3. The highest BCUT2D eigenvalue weighted by Gasteiger charge is 2.52. The van der Waals surface area contributed by atoms with Crippen molar-refractivity contribution in [3.63, 3.8) is 0 Å². The van der Waals surface area contributed by atoms with E-state index in [1.54, 1.807) is 60.7 Å². The molecule has 128 valence electrons. The Kier molecular flexibility index (Phi) is 3.56. The van der Waals surface area contributed by atoms with Gasteiger partial charge in [-0.15, -0.1) is 0 Å². The number of hydrogen-bond acceptors (Lipinski definition) is 4. The van der Waals surface area contributed by atoms with Crippen LogP contribution in [0.15, 0.2) is 78.9 Å². The highest BCUT2D eigenvalue weighted by Crippen LogP contribution is 2.46. The Morgan fingerprint density at radius 2 is 1.50 bits per heavy atom. The first-order valence-corrected chi connectivity index (χ1v) is 8.00. The molecule has 6 nitrogen and oxygen atoms in total. The Bertz CT molecular complexity index is 1020. The molecule has 0 unspecified atom stereocenters. The van der Waals surface area contributed by atoms with E-state index in [2.05, 4.69) is 0 Å². The molecule has 0 aliphatic carbocycles. The van der Waals surface area contributed by atoms with Crippen LogP contribution in [0.4, 0.5) is 11.4 Å². The molecule has 0 aromatic heterocycles. The number of amides is 1. The van der Waals surface area contributed by atoms with E-state index in [1.165, 1.54) is 18.2 Å². The van der Waals surface area contributed by atoms with Gasteiger partial charge in [-0.05, 0) is 12.1 Å². The zero-order valence-electron chi connectivity index (χ0n) is 13.6. The van der Waals surface area contributed by atoms with Crippen LogP contribution < -0.4 is 4.90 Å². The molecular formula is C20H14N2O4. The molecule has 0 fully saturated rings. The summed E-state index contributed by atoms with van der Waals surface area (Å²) in [5.41, 5.74) is -0.864. The largest absolute Gasteiger partial charge is 0.363 e. The summed E-state index contributed by atoms with van der Waals surface area (Å²) in [5, 5.41) is 23.2. The van der Waals surface area contributed by atoms with Crippen molar-refractivity contribution in [3.8, 4) is 0 Å². The molecule has 1 heterocycles. The third kappa shape index (κ3) is 2.13. The second kappa shape index (κ2) is 5.79. The van der Waals surface area contributed by atoms with E-state index >= 15 is 0 Å². The average Bonchev–Trinajstić information content (AvgIpc) is 2.91. The van der Waals surface area contributed by atoms with Crippen molar-refractivity contribution in [1.29, 1.82) is 0 Å². The van der Waals surface area contributed by atoms with E-state index in [0.29, 0.717) is 16.7 Å². The molecule has 0 bridgehead atoms. The van der Waals surface area contributed by atoms with Gasteiger partial charge in [-0.25, -0.2) is 0 Å². The van der Waals surface area contributed by atoms with Crippen LogP contribution in [0.5, 0.6) is 0 Å². The van der Waals surface area contributed by atoms with Crippen molar-refractivity contribution in [2.75, 3.05) is 4.90 Å². The van der Waals surface area contributed by atoms with E-state index in [4.69, 9.17) is 0 Å². The van der Waals surface area contributed by atoms with Crippen molar-refractivity contribution in [1.82, 2.24) is 0 Å². The van der Waals surface area contributed by atoms with E-state index in [9.17, 15) is 20.0 Å². The molecular weight excluding hydrogens is 332 g/mol. The van der Waals surface area contributed by atoms with Gasteiger partial charge in [0.05, 0.1) is 4.92 Å². The molecule has 1 atom stereocenters. The van der Waals surface area contributed by atoms with Gasteiger partial charge in [0.15, 0.2) is 5.72 Å². The fourth-order valence-electron chi connectivity index (χ4n) is 3.41. The molecule has 0 spiro atoms. The van der Waals surface area contributed by atoms with Gasteiger partial charge in [0.2, 0.25) is 0 Å². The van der Waals surface area contributed by atoms with Crippen molar-refractivity contribution in [2.45, 2.75) is 5.72 Å². The first-order valence-electron chi connectivity index (χ1n) is 8.00. The minimum Gasteiger partial charge on any atom is -0.363 e. The standard InChI is InChI=1S/C20H14N2O4/c23-19-15-10-4-5-11-16(15)20(24,14-8-2-1-3-9-14)21(19)17-12-6-7-13-18(17)22(25)26/h1-13,24H/t20-/m1/s1. The second-order valence-corrected chi connectivity index (χ2v) is 5.97. The van der Waals surface area contributed by atoms with Gasteiger partial charge in [0.1, 0.15) is 5.69 Å². The molecule has 0 radical (unpaired) electrons. The van der Waals surface area contributed by atoms with Crippen molar-refractivity contribution in [2.24, 2.45) is 0 Å². The summed E-state index contributed by atoms with van der Waals surface area (Å²) in [6.45, 7) is 0. The van der Waals surface area contributed by atoms with Gasteiger partial charge in [0, 0.05) is 22.8 Å². The molecule has 1 aliphatic rings. The van der Waals surface area contributed by atoms with Gasteiger partial charge in [-0.3, -0.25) is 19.8 Å². The van der Waals surface area contributed by atoms with Crippen LogP contribution in [0.25, 0.3) is 0 Å². The van der Waals surface area contributed by atoms with E-state index < -0.39 is 16.6 Å². The molecule has 0 saturated carbocycles. The van der Waals surface area contributed by atoms with E-state index in [0.717, 1.165) is 4.90 Å². The van der Waals surface area contributed by atoms with Crippen molar-refractivity contribution >= 4 is 17.3 Å². The average molecular weight is 346 g/mol. The number of aliphatic hydroxyl groups is 1. The predicted octanol–water partition coefficient (Wildman–Crippen LogP) is 3.45. The number of anilines is 1. The maximum Gasteiger partial charge on any atom is 0.293 e. The Hall–Kier alpha value is -3.51. The third-order valence-corrected chi connectivity index (χ3v) is 4.56. The summed E-state index contributed by atoms with van der Waals surface area (Å²) in [4.78, 5) is 25.1. The van der Waals surface area contributed by atoms with Crippen LogP contribution in [0.2, 0.25) is 0 Å². The van der Waals surface area contributed by atoms with Crippen LogP contribution in [-0.2, 0) is 5.72 Å². The molecule has 3 aromatic carbocycles. The number of hydrogen-bond donors (Lipinski definition) is 1. The highest BCUT2D eigenvalue weighted by molar-refractivity contribution is 6.13. The fourth-order valence-corrected chi connectivity index (χ4v) is 3.41. The lowest BCUT2D eigenvalue weighted by molar-refractivity contribution is -0.384. The Morgan fingerprint density at radius 1 is 0.885 bits per heavy atom. The van der Waals surface area contributed by atoms with Gasteiger partial charge in [0.25, 0.3) is 11.6 Å². The zero-order valence-corrected chi connectivity index (χ0v) is 13.6. The van der Waals surface area contributed by atoms with Crippen LogP contribution in [-0.4, -0.2) is 15.9 Å². The first kappa shape index (κ1) is 16.0. The fraction of sp³-hybridized carbons (Fsp3) is 0.0500. The predicted molar refractivity (Wildman–Crippen MR) is 95.8 cm³/mol. The van der Waals surface area contributed by atoms with Gasteiger partial charge >= 0.3 is 0 Å². The molecule has 1 N–H and O–H groups in total. The van der Waals surface area contributed by atoms with Crippen molar-refractivity contribution < 1.29 is 14.8 Å². The summed E-state index contributed by atoms with van der Waals surface area (Å²) >= 11 is 0. The number of fused-ring (bicyclic) bond motifs is 1. The van der Waals surface area contributed by atoms with Crippen LogP contribution in [0, 0.1) is 10.1 Å². The summed E-state index contributed by atoms with van der Waals surface area (Å²) in [7, 11) is 0. The number of para-hydroxylation sites is 2. The second-order valence-electron chi connectivity index (χ2n) is 5.97. The molecule has 0 saturated heterocycles. The van der Waals surface area contributed by atoms with Gasteiger partial charge in [-0.1, -0.05) is 60.7 Å².